The molecule has 1 amide bonds. The second-order valence-electron chi connectivity index (χ2n) is 5.15. The van der Waals surface area contributed by atoms with Crippen molar-refractivity contribution in [3.05, 3.63) is 82.0 Å². The predicted molar refractivity (Wildman–Crippen MR) is 85.4 cm³/mol. The molecule has 0 aliphatic carbocycles. The molecule has 116 valence electrons. The third-order valence-corrected chi connectivity index (χ3v) is 3.53. The van der Waals surface area contributed by atoms with E-state index in [9.17, 15) is 9.59 Å². The largest absolute Gasteiger partial charge is 0.363 e. The maximum absolute atomic E-state index is 12.2. The summed E-state index contributed by atoms with van der Waals surface area (Å²) < 4.78 is 6.18. The minimum atomic E-state index is -0.350. The molecule has 0 spiro atoms. The van der Waals surface area contributed by atoms with Crippen LogP contribution in [0.3, 0.4) is 0 Å². The van der Waals surface area contributed by atoms with Crippen LogP contribution < -0.4 is 10.9 Å². The Balaban J connectivity index is 1.86. The van der Waals surface area contributed by atoms with Crippen molar-refractivity contribution < 1.29 is 9.32 Å². The first-order valence-electron chi connectivity index (χ1n) is 7.10. The zero-order valence-corrected chi connectivity index (χ0v) is 12.5. The number of aromatic nitrogens is 2. The Hall–Kier alpha value is -3.15. The van der Waals surface area contributed by atoms with Crippen molar-refractivity contribution in [1.29, 1.82) is 0 Å². The molecule has 0 fully saturated rings. The first-order valence-corrected chi connectivity index (χ1v) is 7.10. The van der Waals surface area contributed by atoms with Crippen LogP contribution in [0.5, 0.6) is 0 Å². The van der Waals surface area contributed by atoms with Gasteiger partial charge >= 0.3 is 0 Å². The summed E-state index contributed by atoms with van der Waals surface area (Å²) in [5, 5.41) is 6.23. The molecule has 0 aliphatic rings. The molecule has 1 N–H and O–H groups in total. The first-order chi connectivity index (χ1) is 11.1. The van der Waals surface area contributed by atoms with Crippen molar-refractivity contribution in [2.75, 3.05) is 5.32 Å². The third-order valence-electron chi connectivity index (χ3n) is 3.53. The minimum Gasteiger partial charge on any atom is -0.363 e. The fourth-order valence-corrected chi connectivity index (χ4v) is 2.23. The van der Waals surface area contributed by atoms with Crippen LogP contribution in [0.15, 0.2) is 64.2 Å². The Morgan fingerprint density at radius 1 is 1.22 bits per heavy atom. The van der Waals surface area contributed by atoms with E-state index in [2.05, 4.69) is 15.0 Å². The number of pyridine rings is 1. The highest BCUT2D eigenvalue weighted by Gasteiger charge is 2.10. The lowest BCUT2D eigenvalue weighted by atomic mass is 10.1. The topological polar surface area (TPSA) is 77.1 Å². The standard InChI is InChI=1S/C17H15N3O3/c1-12-4-2-3-5-13(12)10-20-11-14(6-7-16(20)21)17(22)18-15-8-9-23-19-15/h2-9,11H,10H2,1H3,(H,18,19,22). The summed E-state index contributed by atoms with van der Waals surface area (Å²) in [5.41, 5.74) is 2.34. The first kappa shape index (κ1) is 14.8. The second kappa shape index (κ2) is 6.31. The van der Waals surface area contributed by atoms with Gasteiger partial charge in [0.05, 0.1) is 12.1 Å². The highest BCUT2D eigenvalue weighted by atomic mass is 16.5. The molecular weight excluding hydrogens is 294 g/mol. The van der Waals surface area contributed by atoms with E-state index in [0.717, 1.165) is 11.1 Å². The third kappa shape index (κ3) is 3.37. The minimum absolute atomic E-state index is 0.161. The van der Waals surface area contributed by atoms with Gasteiger partial charge in [0.2, 0.25) is 0 Å². The maximum Gasteiger partial charge on any atom is 0.258 e. The zero-order chi connectivity index (χ0) is 16.2. The zero-order valence-electron chi connectivity index (χ0n) is 12.5. The van der Waals surface area contributed by atoms with Crippen molar-refractivity contribution in [2.24, 2.45) is 0 Å². The molecule has 0 aliphatic heterocycles. The molecule has 0 bridgehead atoms. The number of nitrogens with zero attached hydrogens (tertiary/aromatic N) is 2. The highest BCUT2D eigenvalue weighted by Crippen LogP contribution is 2.09. The quantitative estimate of drug-likeness (QED) is 0.803. The van der Waals surface area contributed by atoms with Crippen LogP contribution in [-0.2, 0) is 6.54 Å². The summed E-state index contributed by atoms with van der Waals surface area (Å²) in [5.74, 6) is -0.0240. The Morgan fingerprint density at radius 2 is 2.04 bits per heavy atom. The monoisotopic (exact) mass is 309 g/mol. The maximum atomic E-state index is 12.2. The van der Waals surface area contributed by atoms with Gasteiger partial charge in [0.15, 0.2) is 5.82 Å². The van der Waals surface area contributed by atoms with Gasteiger partial charge in [-0.15, -0.1) is 0 Å². The van der Waals surface area contributed by atoms with Crippen molar-refractivity contribution in [3.8, 4) is 0 Å². The highest BCUT2D eigenvalue weighted by molar-refractivity contribution is 6.03. The molecule has 3 rings (SSSR count). The van der Waals surface area contributed by atoms with Gasteiger partial charge < -0.3 is 14.4 Å². The van der Waals surface area contributed by atoms with Crippen molar-refractivity contribution >= 4 is 11.7 Å². The lowest BCUT2D eigenvalue weighted by Gasteiger charge is -2.10. The van der Waals surface area contributed by atoms with Gasteiger partial charge in [0.1, 0.15) is 6.26 Å². The number of nitrogens with one attached hydrogen (secondary N) is 1. The number of amides is 1. The Bertz CT molecular complexity index is 882. The van der Waals surface area contributed by atoms with Gasteiger partial charge in [-0.05, 0) is 24.1 Å². The van der Waals surface area contributed by atoms with Crippen LogP contribution in [0.25, 0.3) is 0 Å². The lowest BCUT2D eigenvalue weighted by Crippen LogP contribution is -2.22. The van der Waals surface area contributed by atoms with E-state index in [1.54, 1.807) is 12.3 Å². The van der Waals surface area contributed by atoms with E-state index in [1.165, 1.54) is 23.0 Å². The summed E-state index contributed by atoms with van der Waals surface area (Å²) in [6.45, 7) is 2.40. The summed E-state index contributed by atoms with van der Waals surface area (Å²) >= 11 is 0. The molecule has 1 aromatic carbocycles. The average molecular weight is 309 g/mol. The van der Waals surface area contributed by atoms with E-state index >= 15 is 0 Å². The van der Waals surface area contributed by atoms with Gasteiger partial charge in [-0.2, -0.15) is 0 Å². The lowest BCUT2D eigenvalue weighted by molar-refractivity contribution is 0.102. The molecule has 3 aromatic rings. The number of carbonyl (C=O) groups is 1. The molecule has 6 heteroatoms. The molecule has 0 unspecified atom stereocenters. The summed E-state index contributed by atoms with van der Waals surface area (Å²) in [7, 11) is 0. The Kier molecular flexibility index (Phi) is 4.05. The van der Waals surface area contributed by atoms with E-state index < -0.39 is 0 Å². The smallest absolute Gasteiger partial charge is 0.258 e. The van der Waals surface area contributed by atoms with Crippen molar-refractivity contribution in [1.82, 2.24) is 9.72 Å². The molecule has 0 atom stereocenters. The number of anilines is 1. The van der Waals surface area contributed by atoms with Crippen LogP contribution in [0.2, 0.25) is 0 Å². The number of hydrogen-bond acceptors (Lipinski definition) is 4. The van der Waals surface area contributed by atoms with Crippen LogP contribution in [-0.4, -0.2) is 15.6 Å². The van der Waals surface area contributed by atoms with Gasteiger partial charge in [-0.3, -0.25) is 9.59 Å². The van der Waals surface area contributed by atoms with Crippen LogP contribution >= 0.6 is 0 Å². The molecule has 2 aromatic heterocycles. The number of rotatable bonds is 4. The summed E-state index contributed by atoms with van der Waals surface area (Å²) in [6, 6.07) is 12.2. The molecule has 0 saturated heterocycles. The molecule has 6 nitrogen and oxygen atoms in total. The molecule has 0 radical (unpaired) electrons. The average Bonchev–Trinajstić information content (AvgIpc) is 3.04. The van der Waals surface area contributed by atoms with Gasteiger partial charge in [-0.1, -0.05) is 29.4 Å². The van der Waals surface area contributed by atoms with Crippen molar-refractivity contribution in [3.63, 3.8) is 0 Å². The van der Waals surface area contributed by atoms with Crippen LogP contribution in [0, 0.1) is 6.92 Å². The summed E-state index contributed by atoms with van der Waals surface area (Å²) in [6.07, 6.45) is 2.92. The van der Waals surface area contributed by atoms with E-state index in [1.807, 2.05) is 31.2 Å². The Labute approximate surface area is 132 Å². The number of benzene rings is 1. The number of aryl methyl sites for hydroxylation is 1. The van der Waals surface area contributed by atoms with Crippen LogP contribution in [0.1, 0.15) is 21.5 Å². The fraction of sp³-hybridized carbons (Fsp3) is 0.118. The number of carbonyl (C=O) groups excluding carboxylic acids is 1. The normalized spacial score (nSPS) is 10.5. The molecule has 0 saturated carbocycles. The SMILES string of the molecule is Cc1ccccc1Cn1cc(C(=O)Nc2ccon2)ccc1=O. The molecule has 2 heterocycles. The van der Waals surface area contributed by atoms with Gasteiger partial charge in [0.25, 0.3) is 11.5 Å². The fourth-order valence-electron chi connectivity index (χ4n) is 2.23. The van der Waals surface area contributed by atoms with E-state index in [0.29, 0.717) is 17.9 Å². The molecule has 23 heavy (non-hydrogen) atoms. The van der Waals surface area contributed by atoms with Gasteiger partial charge in [-0.25, -0.2) is 0 Å². The second-order valence-corrected chi connectivity index (χ2v) is 5.15. The van der Waals surface area contributed by atoms with E-state index in [-0.39, 0.29) is 11.5 Å². The number of hydrogen-bond donors (Lipinski definition) is 1. The Morgan fingerprint density at radius 3 is 2.78 bits per heavy atom. The van der Waals surface area contributed by atoms with Crippen LogP contribution in [0.4, 0.5) is 5.82 Å². The van der Waals surface area contributed by atoms with Gasteiger partial charge in [0, 0.05) is 18.3 Å². The molecular formula is C17H15N3O3. The predicted octanol–water partition coefficient (Wildman–Crippen LogP) is 2.45. The van der Waals surface area contributed by atoms with E-state index in [4.69, 9.17) is 0 Å². The summed E-state index contributed by atoms with van der Waals surface area (Å²) in [4.78, 5) is 24.2. The van der Waals surface area contributed by atoms with Crippen molar-refractivity contribution in [2.45, 2.75) is 13.5 Å².